The summed E-state index contributed by atoms with van der Waals surface area (Å²) in [6.45, 7) is 2.76. The summed E-state index contributed by atoms with van der Waals surface area (Å²) in [7, 11) is 1.87. The summed E-state index contributed by atoms with van der Waals surface area (Å²) < 4.78 is 8.36. The van der Waals surface area contributed by atoms with Crippen LogP contribution < -0.4 is 0 Å². The van der Waals surface area contributed by atoms with Crippen LogP contribution in [-0.2, 0) is 18.8 Å². The van der Waals surface area contributed by atoms with Crippen molar-refractivity contribution in [3.05, 3.63) is 0 Å². The molecule has 0 aromatic heterocycles. The van der Waals surface area contributed by atoms with E-state index in [1.165, 1.54) is 21.0 Å². The van der Waals surface area contributed by atoms with Crippen molar-refractivity contribution < 1.29 is 18.8 Å². The Hall–Kier alpha value is -0.843. The predicted molar refractivity (Wildman–Crippen MR) is 39.4 cm³/mol. The summed E-state index contributed by atoms with van der Waals surface area (Å²) in [6.07, 6.45) is 0. The normalized spacial score (nSPS) is 7.10. The van der Waals surface area contributed by atoms with Gasteiger partial charge in [0.1, 0.15) is 0 Å². The number of carbonyl (C=O) groups excluding carboxylic acids is 2. The minimum Gasteiger partial charge on any atom is -0.529 e. The molecule has 0 spiro atoms. The van der Waals surface area contributed by atoms with Gasteiger partial charge in [0, 0.05) is 13.8 Å². The topological polar surface area (TPSA) is 52.6 Å². The van der Waals surface area contributed by atoms with Gasteiger partial charge >= 0.3 is 5.97 Å². The van der Waals surface area contributed by atoms with Gasteiger partial charge in [0.05, 0.1) is 7.11 Å². The van der Waals surface area contributed by atoms with Gasteiger partial charge in [0.15, 0.2) is 0 Å². The molecule has 0 radical (unpaired) electrons. The van der Waals surface area contributed by atoms with Crippen LogP contribution in [0.15, 0.2) is 0 Å². The first-order chi connectivity index (χ1) is 4.54. The van der Waals surface area contributed by atoms with E-state index in [1.54, 1.807) is 0 Å². The van der Waals surface area contributed by atoms with Crippen LogP contribution in [-0.4, -0.2) is 29.5 Å². The Balaban J connectivity index is 0. The molecule has 0 heterocycles. The molecule has 10 heavy (non-hydrogen) atoms. The molecule has 0 aliphatic heterocycles. The van der Waals surface area contributed by atoms with E-state index in [1.807, 2.05) is 0 Å². The maximum Gasteiger partial charge on any atom is 0.302 e. The molecule has 0 unspecified atom stereocenters. The second kappa shape index (κ2) is 8.16. The standard InChI is InChI=1S/C3H6O2.C2H6O2Si/c1-3(4)5-2;1-2(3)4-5/h1-2H3;1,5H3. The highest BCUT2D eigenvalue weighted by molar-refractivity contribution is 6.04. The Kier molecular flexibility index (Phi) is 9.70. The fraction of sp³-hybridized carbons (Fsp3) is 0.600. The molecule has 0 aliphatic carbocycles. The minimum atomic E-state index is -0.245. The molecule has 0 aromatic rings. The monoisotopic (exact) mass is 164 g/mol. The second-order valence-electron chi connectivity index (χ2n) is 1.39. The van der Waals surface area contributed by atoms with Crippen molar-refractivity contribution in [3.63, 3.8) is 0 Å². The van der Waals surface area contributed by atoms with E-state index < -0.39 is 0 Å². The van der Waals surface area contributed by atoms with Crippen molar-refractivity contribution in [2.24, 2.45) is 0 Å². The Bertz CT molecular complexity index is 98.2. The van der Waals surface area contributed by atoms with Crippen molar-refractivity contribution in [1.29, 1.82) is 0 Å². The molecule has 4 nitrogen and oxygen atoms in total. The van der Waals surface area contributed by atoms with E-state index in [9.17, 15) is 9.59 Å². The highest BCUT2D eigenvalue weighted by atomic mass is 28.2. The smallest absolute Gasteiger partial charge is 0.302 e. The lowest BCUT2D eigenvalue weighted by molar-refractivity contribution is -0.138. The largest absolute Gasteiger partial charge is 0.529 e. The summed E-state index contributed by atoms with van der Waals surface area (Å²) in [5, 5.41) is 0. The maximum atomic E-state index is 9.62. The third kappa shape index (κ3) is 27.2. The SMILES string of the molecule is CC(=O)O[SiH3].COC(C)=O. The predicted octanol–water partition coefficient (Wildman–Crippen LogP) is -0.991. The minimum absolute atomic E-state index is 0.184. The van der Waals surface area contributed by atoms with Crippen molar-refractivity contribution in [2.45, 2.75) is 13.8 Å². The summed E-state index contributed by atoms with van der Waals surface area (Å²) >= 11 is 0. The fourth-order valence-corrected chi connectivity index (χ4v) is 0. The average molecular weight is 164 g/mol. The van der Waals surface area contributed by atoms with Gasteiger partial charge in [-0.05, 0) is 0 Å². The van der Waals surface area contributed by atoms with Gasteiger partial charge in [0.2, 0.25) is 10.5 Å². The highest BCUT2D eigenvalue weighted by Crippen LogP contribution is 1.60. The summed E-state index contributed by atoms with van der Waals surface area (Å²) in [5.41, 5.74) is 0. The first-order valence-electron chi connectivity index (χ1n) is 2.63. The van der Waals surface area contributed by atoms with E-state index in [4.69, 9.17) is 0 Å². The second-order valence-corrected chi connectivity index (χ2v) is 1.80. The number of methoxy groups -OCH3 is 1. The number of carbonyl (C=O) groups is 2. The molecular formula is C5H12O4Si. The third-order valence-corrected chi connectivity index (χ3v) is 1.15. The molecule has 0 saturated carbocycles. The molecule has 0 bridgehead atoms. The molecule has 0 aromatic carbocycles. The molecule has 5 heteroatoms. The maximum absolute atomic E-state index is 9.62. The van der Waals surface area contributed by atoms with Crippen LogP contribution in [0.4, 0.5) is 0 Å². The molecule has 60 valence electrons. The van der Waals surface area contributed by atoms with Gasteiger partial charge in [0.25, 0.3) is 5.97 Å². The number of esters is 1. The van der Waals surface area contributed by atoms with Gasteiger partial charge in [-0.15, -0.1) is 0 Å². The van der Waals surface area contributed by atoms with Gasteiger partial charge in [-0.2, -0.15) is 0 Å². The zero-order valence-electron chi connectivity index (χ0n) is 6.63. The van der Waals surface area contributed by atoms with E-state index in [0.29, 0.717) is 10.5 Å². The molecule has 0 fully saturated rings. The quantitative estimate of drug-likeness (QED) is 0.341. The molecule has 0 aliphatic rings. The Morgan fingerprint density at radius 2 is 1.40 bits per heavy atom. The van der Waals surface area contributed by atoms with Crippen LogP contribution >= 0.6 is 0 Å². The summed E-state index contributed by atoms with van der Waals surface area (Å²) in [6, 6.07) is 0. The van der Waals surface area contributed by atoms with Crippen molar-refractivity contribution >= 4 is 22.4 Å². The molecule has 0 N–H and O–H groups in total. The van der Waals surface area contributed by atoms with E-state index >= 15 is 0 Å². The Labute approximate surface area is 63.0 Å². The Morgan fingerprint density at radius 3 is 1.40 bits per heavy atom. The zero-order chi connectivity index (χ0) is 8.57. The lowest BCUT2D eigenvalue weighted by Crippen LogP contribution is -1.90. The first-order valence-corrected chi connectivity index (χ1v) is 3.45. The number of hydrogen-bond donors (Lipinski definition) is 0. The van der Waals surface area contributed by atoms with Crippen molar-refractivity contribution in [1.82, 2.24) is 0 Å². The van der Waals surface area contributed by atoms with E-state index in [-0.39, 0.29) is 11.9 Å². The summed E-state index contributed by atoms with van der Waals surface area (Å²) in [5.74, 6) is -0.429. The van der Waals surface area contributed by atoms with Crippen LogP contribution in [0.5, 0.6) is 0 Å². The van der Waals surface area contributed by atoms with Gasteiger partial charge < -0.3 is 9.16 Å². The summed E-state index contributed by atoms with van der Waals surface area (Å²) in [4.78, 5) is 19.2. The van der Waals surface area contributed by atoms with Gasteiger partial charge in [-0.1, -0.05) is 0 Å². The average Bonchev–Trinajstić information content (AvgIpc) is 1.89. The van der Waals surface area contributed by atoms with E-state index in [2.05, 4.69) is 9.16 Å². The highest BCUT2D eigenvalue weighted by Gasteiger charge is 1.75. The molecule has 0 rings (SSSR count). The lowest BCUT2D eigenvalue weighted by atomic mass is 10.8. The third-order valence-electron chi connectivity index (χ3n) is 0.575. The van der Waals surface area contributed by atoms with E-state index in [0.717, 1.165) is 0 Å². The molecule has 0 saturated heterocycles. The van der Waals surface area contributed by atoms with Crippen LogP contribution in [0.25, 0.3) is 0 Å². The zero-order valence-corrected chi connectivity index (χ0v) is 8.63. The van der Waals surface area contributed by atoms with Gasteiger partial charge in [-0.25, -0.2) is 0 Å². The number of hydrogen-bond acceptors (Lipinski definition) is 4. The molecular weight excluding hydrogens is 152 g/mol. The molecule has 0 amide bonds. The Morgan fingerprint density at radius 1 is 1.20 bits per heavy atom. The lowest BCUT2D eigenvalue weighted by Gasteiger charge is -1.82. The first kappa shape index (κ1) is 11.9. The number of rotatable bonds is 0. The van der Waals surface area contributed by atoms with Crippen molar-refractivity contribution in [3.8, 4) is 0 Å². The van der Waals surface area contributed by atoms with Crippen molar-refractivity contribution in [2.75, 3.05) is 7.11 Å². The van der Waals surface area contributed by atoms with Crippen LogP contribution in [0, 0.1) is 0 Å². The van der Waals surface area contributed by atoms with Gasteiger partial charge in [-0.3, -0.25) is 9.59 Å². The van der Waals surface area contributed by atoms with Crippen LogP contribution in [0.2, 0.25) is 0 Å². The fourth-order valence-electron chi connectivity index (χ4n) is 0. The van der Waals surface area contributed by atoms with Crippen LogP contribution in [0.1, 0.15) is 13.8 Å². The van der Waals surface area contributed by atoms with Crippen LogP contribution in [0.3, 0.4) is 0 Å². The molecule has 0 atom stereocenters. The number of ether oxygens (including phenoxy) is 1.